The molecule has 1 saturated heterocycles. The maximum absolute atomic E-state index is 3.64. The lowest BCUT2D eigenvalue weighted by atomic mass is 9.84. The Bertz CT molecular complexity index is 184. The van der Waals surface area contributed by atoms with Gasteiger partial charge in [-0.1, -0.05) is 6.42 Å². The fraction of sp³-hybridized carbons (Fsp3) is 1.00. The molecule has 2 bridgehead atoms. The normalized spacial score (nSPS) is 48.9. The van der Waals surface area contributed by atoms with Gasteiger partial charge in [-0.3, -0.25) is 0 Å². The van der Waals surface area contributed by atoms with E-state index in [9.17, 15) is 0 Å². The van der Waals surface area contributed by atoms with Crippen LogP contribution >= 0.6 is 0 Å². The molecule has 1 aliphatic heterocycles. The van der Waals surface area contributed by atoms with Gasteiger partial charge in [0.2, 0.25) is 0 Å². The van der Waals surface area contributed by atoms with Gasteiger partial charge in [0.15, 0.2) is 0 Å². The second kappa shape index (κ2) is 3.27. The first-order valence-electron chi connectivity index (χ1n) is 6.15. The van der Waals surface area contributed by atoms with Crippen LogP contribution in [-0.4, -0.2) is 12.6 Å². The minimum absolute atomic E-state index is 0.893. The molecule has 1 heterocycles. The van der Waals surface area contributed by atoms with Crippen LogP contribution in [0.3, 0.4) is 0 Å². The average molecular weight is 179 g/mol. The molecule has 0 unspecified atom stereocenters. The molecule has 74 valence electrons. The Morgan fingerprint density at radius 2 is 2.08 bits per heavy atom. The van der Waals surface area contributed by atoms with E-state index >= 15 is 0 Å². The monoisotopic (exact) mass is 179 g/mol. The smallest absolute Gasteiger partial charge is 0.00702 e. The molecule has 2 aliphatic carbocycles. The van der Waals surface area contributed by atoms with E-state index in [1.54, 1.807) is 25.7 Å². The highest BCUT2D eigenvalue weighted by Gasteiger charge is 2.40. The van der Waals surface area contributed by atoms with Gasteiger partial charge >= 0.3 is 0 Å². The van der Waals surface area contributed by atoms with Crippen LogP contribution < -0.4 is 5.32 Å². The van der Waals surface area contributed by atoms with Crippen LogP contribution in [0.1, 0.15) is 44.9 Å². The number of rotatable bonds is 2. The van der Waals surface area contributed by atoms with Crippen LogP contribution in [0.5, 0.6) is 0 Å². The maximum atomic E-state index is 3.64. The van der Waals surface area contributed by atoms with Gasteiger partial charge in [-0.25, -0.2) is 0 Å². The molecule has 0 spiro atoms. The zero-order valence-electron chi connectivity index (χ0n) is 8.47. The zero-order chi connectivity index (χ0) is 8.67. The fourth-order valence-electron chi connectivity index (χ4n) is 3.99. The molecule has 0 aromatic heterocycles. The highest BCUT2D eigenvalue weighted by atomic mass is 14.9. The summed E-state index contributed by atoms with van der Waals surface area (Å²) in [6, 6.07) is 0.893. The Balaban J connectivity index is 1.55. The molecule has 1 N–H and O–H groups in total. The minimum Gasteiger partial charge on any atom is -0.314 e. The van der Waals surface area contributed by atoms with Crippen molar-refractivity contribution in [2.45, 2.75) is 51.0 Å². The van der Waals surface area contributed by atoms with Crippen molar-refractivity contribution >= 4 is 0 Å². The first-order valence-corrected chi connectivity index (χ1v) is 6.15. The van der Waals surface area contributed by atoms with Gasteiger partial charge in [0.25, 0.3) is 0 Å². The number of hydrogen-bond acceptors (Lipinski definition) is 1. The molecular weight excluding hydrogens is 158 g/mol. The molecule has 2 saturated carbocycles. The van der Waals surface area contributed by atoms with Crippen molar-refractivity contribution in [1.29, 1.82) is 0 Å². The molecule has 4 atom stereocenters. The molecule has 1 nitrogen and oxygen atoms in total. The lowest BCUT2D eigenvalue weighted by Gasteiger charge is -2.24. The van der Waals surface area contributed by atoms with Crippen molar-refractivity contribution in [2.75, 3.05) is 6.54 Å². The van der Waals surface area contributed by atoms with Crippen molar-refractivity contribution in [3.8, 4) is 0 Å². The average Bonchev–Trinajstić information content (AvgIpc) is 2.77. The second-order valence-electron chi connectivity index (χ2n) is 5.46. The van der Waals surface area contributed by atoms with Gasteiger partial charge in [0, 0.05) is 6.04 Å². The van der Waals surface area contributed by atoms with Gasteiger partial charge in [-0.2, -0.15) is 0 Å². The predicted molar refractivity (Wildman–Crippen MR) is 54.6 cm³/mol. The van der Waals surface area contributed by atoms with Gasteiger partial charge < -0.3 is 5.32 Å². The third-order valence-electron chi connectivity index (χ3n) is 4.63. The molecule has 0 radical (unpaired) electrons. The van der Waals surface area contributed by atoms with Gasteiger partial charge in [0.05, 0.1) is 0 Å². The van der Waals surface area contributed by atoms with E-state index in [2.05, 4.69) is 5.32 Å². The lowest BCUT2D eigenvalue weighted by Crippen LogP contribution is -2.26. The van der Waals surface area contributed by atoms with Crippen LogP contribution in [0.15, 0.2) is 0 Å². The fourth-order valence-corrected chi connectivity index (χ4v) is 3.99. The first kappa shape index (κ1) is 8.28. The molecule has 13 heavy (non-hydrogen) atoms. The van der Waals surface area contributed by atoms with Crippen LogP contribution in [-0.2, 0) is 0 Å². The molecule has 3 aliphatic rings. The van der Waals surface area contributed by atoms with E-state index in [1.807, 2.05) is 0 Å². The second-order valence-corrected chi connectivity index (χ2v) is 5.46. The van der Waals surface area contributed by atoms with E-state index in [0.717, 1.165) is 23.8 Å². The summed E-state index contributed by atoms with van der Waals surface area (Å²) in [7, 11) is 0. The van der Waals surface area contributed by atoms with Crippen molar-refractivity contribution in [3.05, 3.63) is 0 Å². The zero-order valence-corrected chi connectivity index (χ0v) is 8.47. The summed E-state index contributed by atoms with van der Waals surface area (Å²) >= 11 is 0. The summed E-state index contributed by atoms with van der Waals surface area (Å²) in [6.45, 7) is 1.28. The molecule has 3 rings (SSSR count). The summed E-state index contributed by atoms with van der Waals surface area (Å²) in [4.78, 5) is 0. The summed E-state index contributed by atoms with van der Waals surface area (Å²) in [5, 5.41) is 3.64. The Morgan fingerprint density at radius 3 is 2.69 bits per heavy atom. The Hall–Kier alpha value is -0.0400. The van der Waals surface area contributed by atoms with Gasteiger partial charge in [-0.05, 0) is 62.8 Å². The summed E-state index contributed by atoms with van der Waals surface area (Å²) in [5.41, 5.74) is 0. The molecule has 0 amide bonds. The quantitative estimate of drug-likeness (QED) is 0.687. The van der Waals surface area contributed by atoms with Crippen LogP contribution in [0, 0.1) is 17.8 Å². The minimum atomic E-state index is 0.893. The van der Waals surface area contributed by atoms with E-state index in [0.29, 0.717) is 0 Å². The lowest BCUT2D eigenvalue weighted by molar-refractivity contribution is 0.287. The van der Waals surface area contributed by atoms with Crippen molar-refractivity contribution in [3.63, 3.8) is 0 Å². The van der Waals surface area contributed by atoms with E-state index in [4.69, 9.17) is 0 Å². The molecule has 0 aromatic rings. The van der Waals surface area contributed by atoms with Crippen molar-refractivity contribution in [1.82, 2.24) is 5.32 Å². The predicted octanol–water partition coefficient (Wildman–Crippen LogP) is 2.56. The molecular formula is C12H21N. The summed E-state index contributed by atoms with van der Waals surface area (Å²) in [5.74, 6) is 3.37. The van der Waals surface area contributed by atoms with Gasteiger partial charge in [-0.15, -0.1) is 0 Å². The molecule has 0 aromatic carbocycles. The summed E-state index contributed by atoms with van der Waals surface area (Å²) < 4.78 is 0. The third kappa shape index (κ3) is 1.52. The topological polar surface area (TPSA) is 12.0 Å². The molecule has 1 heteroatoms. The maximum Gasteiger partial charge on any atom is 0.00702 e. The standard InChI is InChI=1S/C12H21N/c1-2-12(13-5-1)8-11-7-9-3-4-10(11)6-9/h9-13H,1-8H2/t9-,10-,11+,12+/m1/s1. The molecule has 3 fully saturated rings. The van der Waals surface area contributed by atoms with E-state index in [-0.39, 0.29) is 0 Å². The Kier molecular flexibility index (Phi) is 2.08. The van der Waals surface area contributed by atoms with E-state index < -0.39 is 0 Å². The number of fused-ring (bicyclic) bond motifs is 2. The highest BCUT2D eigenvalue weighted by molar-refractivity contribution is 4.92. The summed E-state index contributed by atoms with van der Waals surface area (Å²) in [6.07, 6.45) is 10.6. The van der Waals surface area contributed by atoms with Gasteiger partial charge in [0.1, 0.15) is 0 Å². The van der Waals surface area contributed by atoms with Crippen molar-refractivity contribution < 1.29 is 0 Å². The van der Waals surface area contributed by atoms with Crippen molar-refractivity contribution in [2.24, 2.45) is 17.8 Å². The SMILES string of the molecule is C1CN[C@H](C[C@@H]2C[C@@H]3CC[C@@H]2C3)C1. The van der Waals surface area contributed by atoms with Crippen LogP contribution in [0.4, 0.5) is 0 Å². The number of nitrogens with one attached hydrogen (secondary N) is 1. The number of hydrogen-bond donors (Lipinski definition) is 1. The third-order valence-corrected chi connectivity index (χ3v) is 4.63. The first-order chi connectivity index (χ1) is 6.42. The highest BCUT2D eigenvalue weighted by Crippen LogP contribution is 2.50. The largest absolute Gasteiger partial charge is 0.314 e. The Labute approximate surface area is 81.3 Å². The Morgan fingerprint density at radius 1 is 1.08 bits per heavy atom. The van der Waals surface area contributed by atoms with Crippen LogP contribution in [0.25, 0.3) is 0 Å². The van der Waals surface area contributed by atoms with E-state index in [1.165, 1.54) is 25.8 Å². The van der Waals surface area contributed by atoms with Crippen LogP contribution in [0.2, 0.25) is 0 Å².